The molecule has 2 aliphatic rings. The van der Waals surface area contributed by atoms with Crippen LogP contribution < -0.4 is 11.1 Å². The van der Waals surface area contributed by atoms with Gasteiger partial charge in [-0.1, -0.05) is 0 Å². The third kappa shape index (κ3) is 5.12. The van der Waals surface area contributed by atoms with Gasteiger partial charge in [0, 0.05) is 25.6 Å². The van der Waals surface area contributed by atoms with Crippen LogP contribution in [0.1, 0.15) is 51.4 Å². The normalized spacial score (nSPS) is 25.6. The van der Waals surface area contributed by atoms with Gasteiger partial charge in [-0.3, -0.25) is 9.59 Å². The SMILES string of the molecule is CSCCCNC(=O)C1CCC([C@H](N)C(=O)N(C)C2CCC2)CC1. The van der Waals surface area contributed by atoms with Crippen molar-refractivity contribution >= 4 is 23.6 Å². The zero-order chi connectivity index (χ0) is 17.5. The summed E-state index contributed by atoms with van der Waals surface area (Å²) < 4.78 is 0. The van der Waals surface area contributed by atoms with Gasteiger partial charge in [0.1, 0.15) is 0 Å². The van der Waals surface area contributed by atoms with Gasteiger partial charge in [0.15, 0.2) is 0 Å². The lowest BCUT2D eigenvalue weighted by Crippen LogP contribution is -2.52. The average molecular weight is 356 g/mol. The van der Waals surface area contributed by atoms with E-state index >= 15 is 0 Å². The molecule has 24 heavy (non-hydrogen) atoms. The number of carbonyl (C=O) groups excluding carboxylic acids is 2. The zero-order valence-electron chi connectivity index (χ0n) is 15.1. The molecule has 6 heteroatoms. The fraction of sp³-hybridized carbons (Fsp3) is 0.889. The van der Waals surface area contributed by atoms with E-state index in [0.717, 1.165) is 57.2 Å². The first-order valence-electron chi connectivity index (χ1n) is 9.33. The fourth-order valence-electron chi connectivity index (χ4n) is 3.70. The highest BCUT2D eigenvalue weighted by molar-refractivity contribution is 7.98. The van der Waals surface area contributed by atoms with Crippen LogP contribution in [-0.4, -0.2) is 54.4 Å². The van der Waals surface area contributed by atoms with Crippen LogP contribution in [0.4, 0.5) is 0 Å². The van der Waals surface area contributed by atoms with Gasteiger partial charge in [-0.15, -0.1) is 0 Å². The summed E-state index contributed by atoms with van der Waals surface area (Å²) in [4.78, 5) is 26.6. The van der Waals surface area contributed by atoms with Crippen LogP contribution >= 0.6 is 11.8 Å². The Bertz CT molecular complexity index is 420. The topological polar surface area (TPSA) is 75.4 Å². The molecular formula is C18H33N3O2S. The summed E-state index contributed by atoms with van der Waals surface area (Å²) >= 11 is 1.80. The van der Waals surface area contributed by atoms with Crippen molar-refractivity contribution in [3.63, 3.8) is 0 Å². The van der Waals surface area contributed by atoms with E-state index in [9.17, 15) is 9.59 Å². The van der Waals surface area contributed by atoms with E-state index in [1.165, 1.54) is 6.42 Å². The lowest BCUT2D eigenvalue weighted by Gasteiger charge is -2.38. The molecule has 0 aromatic rings. The maximum absolute atomic E-state index is 12.5. The molecular weight excluding hydrogens is 322 g/mol. The molecule has 2 aliphatic carbocycles. The molecule has 0 aromatic carbocycles. The Balaban J connectivity index is 1.71. The first-order chi connectivity index (χ1) is 11.5. The summed E-state index contributed by atoms with van der Waals surface area (Å²) in [7, 11) is 1.89. The van der Waals surface area contributed by atoms with Crippen molar-refractivity contribution in [3.05, 3.63) is 0 Å². The predicted molar refractivity (Wildman–Crippen MR) is 99.8 cm³/mol. The first kappa shape index (κ1) is 19.6. The minimum Gasteiger partial charge on any atom is -0.356 e. The van der Waals surface area contributed by atoms with Gasteiger partial charge in [-0.2, -0.15) is 11.8 Å². The van der Waals surface area contributed by atoms with E-state index in [0.29, 0.717) is 6.04 Å². The number of likely N-dealkylation sites (N-methyl/N-ethyl adjacent to an activating group) is 1. The Hall–Kier alpha value is -0.750. The molecule has 0 saturated heterocycles. The van der Waals surface area contributed by atoms with Crippen LogP contribution in [0.2, 0.25) is 0 Å². The number of amides is 2. The minimum absolute atomic E-state index is 0.0877. The Kier molecular flexibility index (Phi) is 7.88. The molecule has 2 saturated carbocycles. The highest BCUT2D eigenvalue weighted by Crippen LogP contribution is 2.32. The van der Waals surface area contributed by atoms with Crippen LogP contribution in [0.15, 0.2) is 0 Å². The Morgan fingerprint density at radius 1 is 1.21 bits per heavy atom. The number of hydrogen-bond acceptors (Lipinski definition) is 4. The van der Waals surface area contributed by atoms with Crippen LogP contribution in [0.25, 0.3) is 0 Å². The Morgan fingerprint density at radius 3 is 2.42 bits per heavy atom. The maximum Gasteiger partial charge on any atom is 0.239 e. The summed E-state index contributed by atoms with van der Waals surface area (Å²) in [6.45, 7) is 0.768. The number of carbonyl (C=O) groups is 2. The third-order valence-corrected chi connectivity index (χ3v) is 6.43. The van der Waals surface area contributed by atoms with Gasteiger partial charge < -0.3 is 16.0 Å². The van der Waals surface area contributed by atoms with Crippen molar-refractivity contribution < 1.29 is 9.59 Å². The summed E-state index contributed by atoms with van der Waals surface area (Å²) in [5.74, 6) is 1.67. The maximum atomic E-state index is 12.5. The van der Waals surface area contributed by atoms with E-state index in [2.05, 4.69) is 11.6 Å². The largest absolute Gasteiger partial charge is 0.356 e. The van der Waals surface area contributed by atoms with Gasteiger partial charge in [0.2, 0.25) is 11.8 Å². The molecule has 1 atom stereocenters. The molecule has 0 spiro atoms. The van der Waals surface area contributed by atoms with Crippen molar-refractivity contribution in [3.8, 4) is 0 Å². The van der Waals surface area contributed by atoms with E-state index in [1.807, 2.05) is 11.9 Å². The second-order valence-corrected chi connectivity index (χ2v) is 8.29. The van der Waals surface area contributed by atoms with Gasteiger partial charge in [0.05, 0.1) is 6.04 Å². The number of nitrogens with zero attached hydrogens (tertiary/aromatic N) is 1. The molecule has 0 radical (unpaired) electrons. The third-order valence-electron chi connectivity index (χ3n) is 5.73. The highest BCUT2D eigenvalue weighted by Gasteiger charge is 2.35. The monoisotopic (exact) mass is 355 g/mol. The predicted octanol–water partition coefficient (Wildman–Crippen LogP) is 2.00. The highest BCUT2D eigenvalue weighted by atomic mass is 32.2. The van der Waals surface area contributed by atoms with Crippen molar-refractivity contribution in [2.45, 2.75) is 63.5 Å². The first-order valence-corrected chi connectivity index (χ1v) is 10.7. The summed E-state index contributed by atoms with van der Waals surface area (Å²) in [6, 6.07) is -0.00635. The van der Waals surface area contributed by atoms with Crippen LogP contribution in [0.3, 0.4) is 0 Å². The van der Waals surface area contributed by atoms with Crippen molar-refractivity contribution in [2.24, 2.45) is 17.6 Å². The standard InChI is InChI=1S/C18H33N3O2S/c1-21(15-5-3-6-15)18(23)16(19)13-7-9-14(10-8-13)17(22)20-11-4-12-24-2/h13-16H,3-12,19H2,1-2H3,(H,20,22)/t13?,14?,16-/m0/s1. The second-order valence-electron chi connectivity index (χ2n) is 7.31. The molecule has 0 heterocycles. The average Bonchev–Trinajstić information content (AvgIpc) is 2.55. The number of nitrogens with two attached hydrogens (primary N) is 1. The smallest absolute Gasteiger partial charge is 0.239 e. The van der Waals surface area contributed by atoms with E-state index < -0.39 is 6.04 Å². The molecule has 0 aromatic heterocycles. The van der Waals surface area contributed by atoms with Gasteiger partial charge in [0.25, 0.3) is 0 Å². The molecule has 2 amide bonds. The van der Waals surface area contributed by atoms with E-state index in [1.54, 1.807) is 11.8 Å². The quantitative estimate of drug-likeness (QED) is 0.653. The van der Waals surface area contributed by atoms with Crippen molar-refractivity contribution in [2.75, 3.05) is 25.6 Å². The van der Waals surface area contributed by atoms with Gasteiger partial charge >= 0.3 is 0 Å². The molecule has 2 fully saturated rings. The molecule has 0 unspecified atom stereocenters. The minimum atomic E-state index is -0.402. The number of thioether (sulfide) groups is 1. The summed E-state index contributed by atoms with van der Waals surface area (Å²) in [5, 5.41) is 3.04. The van der Waals surface area contributed by atoms with E-state index in [4.69, 9.17) is 5.73 Å². The summed E-state index contributed by atoms with van der Waals surface area (Å²) in [5.41, 5.74) is 6.25. The molecule has 5 nitrogen and oxygen atoms in total. The lowest BCUT2D eigenvalue weighted by molar-refractivity contribution is -0.136. The molecule has 0 aliphatic heterocycles. The van der Waals surface area contributed by atoms with Crippen LogP contribution in [0, 0.1) is 11.8 Å². The lowest BCUT2D eigenvalue weighted by atomic mass is 9.77. The van der Waals surface area contributed by atoms with Gasteiger partial charge in [-0.25, -0.2) is 0 Å². The number of nitrogens with one attached hydrogen (secondary N) is 1. The fourth-order valence-corrected chi connectivity index (χ4v) is 4.14. The molecule has 3 N–H and O–H groups in total. The van der Waals surface area contributed by atoms with Crippen LogP contribution in [0.5, 0.6) is 0 Å². The second kappa shape index (κ2) is 9.66. The van der Waals surface area contributed by atoms with Crippen molar-refractivity contribution in [1.82, 2.24) is 10.2 Å². The van der Waals surface area contributed by atoms with Gasteiger partial charge in [-0.05, 0) is 69.3 Å². The molecule has 138 valence electrons. The molecule has 2 rings (SSSR count). The van der Waals surface area contributed by atoms with E-state index in [-0.39, 0.29) is 23.7 Å². The Morgan fingerprint density at radius 2 is 1.88 bits per heavy atom. The Labute approximate surface area is 150 Å². The summed E-state index contributed by atoms with van der Waals surface area (Å²) in [6.07, 6.45) is 10.0. The number of hydrogen-bond donors (Lipinski definition) is 2. The van der Waals surface area contributed by atoms with Crippen molar-refractivity contribution in [1.29, 1.82) is 0 Å². The van der Waals surface area contributed by atoms with Crippen LogP contribution in [-0.2, 0) is 9.59 Å². The molecule has 0 bridgehead atoms. The zero-order valence-corrected chi connectivity index (χ0v) is 15.9. The number of rotatable bonds is 8.